The maximum absolute atomic E-state index is 11.0. The molecule has 0 aliphatic carbocycles. The lowest BCUT2D eigenvalue weighted by Gasteiger charge is -2.08. The minimum Gasteiger partial charge on any atom is -0.366 e. The van der Waals surface area contributed by atoms with Crippen molar-refractivity contribution in [3.63, 3.8) is 0 Å². The smallest absolute Gasteiger partial charge is 0.277 e. The monoisotopic (exact) mass is 287 g/mol. The Morgan fingerprint density at radius 2 is 1.80 bits per heavy atom. The predicted molar refractivity (Wildman–Crippen MR) is 83.8 cm³/mol. The van der Waals surface area contributed by atoms with Crippen molar-refractivity contribution < 1.29 is 4.92 Å². The molecule has 0 bridgehead atoms. The number of nitrogens with one attached hydrogen (secondary N) is 2. The molecule has 5 nitrogen and oxygen atoms in total. The number of nitrogens with zero attached hydrogens (tertiary/aromatic N) is 1. The van der Waals surface area contributed by atoms with Crippen molar-refractivity contribution in [1.82, 2.24) is 5.32 Å². The Balaban J connectivity index is 2.31. The molecule has 20 heavy (non-hydrogen) atoms. The van der Waals surface area contributed by atoms with Crippen LogP contribution in [0.3, 0.4) is 0 Å². The van der Waals surface area contributed by atoms with Crippen LogP contribution in [0.1, 0.15) is 0 Å². The molecule has 102 valence electrons. The lowest BCUT2D eigenvalue weighted by Crippen LogP contribution is -2.23. The summed E-state index contributed by atoms with van der Waals surface area (Å²) in [5.41, 5.74) is 2.31. The first kappa shape index (κ1) is 14.0. The van der Waals surface area contributed by atoms with Crippen molar-refractivity contribution in [3.8, 4) is 11.1 Å². The van der Waals surface area contributed by atoms with Crippen LogP contribution in [-0.2, 0) is 0 Å². The third kappa shape index (κ3) is 3.10. The molecule has 0 unspecified atom stereocenters. The molecule has 2 aromatic rings. The van der Waals surface area contributed by atoms with Crippen molar-refractivity contribution in [3.05, 3.63) is 58.6 Å². The highest BCUT2D eigenvalue weighted by molar-refractivity contribution is 7.80. The van der Waals surface area contributed by atoms with Gasteiger partial charge in [0.15, 0.2) is 5.11 Å². The van der Waals surface area contributed by atoms with Crippen LogP contribution in [0.2, 0.25) is 0 Å². The molecule has 0 atom stereocenters. The maximum Gasteiger partial charge on any atom is 0.277 e. The summed E-state index contributed by atoms with van der Waals surface area (Å²) in [5.74, 6) is 0. The zero-order valence-electron chi connectivity index (χ0n) is 10.8. The summed E-state index contributed by atoms with van der Waals surface area (Å²) in [6.07, 6.45) is 0. The normalized spacial score (nSPS) is 9.85. The highest BCUT2D eigenvalue weighted by Gasteiger charge is 2.13. The fraction of sp³-hybridized carbons (Fsp3) is 0.0714. The number of para-hydroxylation sites is 1. The first-order valence-electron chi connectivity index (χ1n) is 5.94. The van der Waals surface area contributed by atoms with E-state index in [-0.39, 0.29) is 10.6 Å². The Hall–Kier alpha value is -2.47. The third-order valence-electron chi connectivity index (χ3n) is 2.78. The van der Waals surface area contributed by atoms with E-state index in [9.17, 15) is 10.1 Å². The summed E-state index contributed by atoms with van der Waals surface area (Å²) in [7, 11) is 1.73. The topological polar surface area (TPSA) is 67.2 Å². The molecular formula is C14H13N3O2S. The first-order chi connectivity index (χ1) is 9.61. The van der Waals surface area contributed by atoms with E-state index >= 15 is 0 Å². The second-order valence-electron chi connectivity index (χ2n) is 4.06. The number of nitro benzene ring substituents is 1. The Labute approximate surface area is 121 Å². The summed E-state index contributed by atoms with van der Waals surface area (Å²) in [5, 5.41) is 17.3. The zero-order valence-corrected chi connectivity index (χ0v) is 11.6. The number of thiocarbonyl (C=S) groups is 1. The highest BCUT2D eigenvalue weighted by Crippen LogP contribution is 2.30. The number of nitro groups is 1. The number of hydrogen-bond donors (Lipinski definition) is 2. The molecule has 0 aliphatic rings. The van der Waals surface area contributed by atoms with Gasteiger partial charge in [-0.05, 0) is 36.0 Å². The molecular weight excluding hydrogens is 274 g/mol. The highest BCUT2D eigenvalue weighted by atomic mass is 32.1. The lowest BCUT2D eigenvalue weighted by molar-refractivity contribution is -0.384. The average molecular weight is 287 g/mol. The molecule has 2 rings (SSSR count). The molecule has 0 saturated carbocycles. The maximum atomic E-state index is 11.0. The van der Waals surface area contributed by atoms with Crippen LogP contribution in [0.5, 0.6) is 0 Å². The number of benzene rings is 2. The molecule has 6 heteroatoms. The van der Waals surface area contributed by atoms with Gasteiger partial charge in [0.25, 0.3) is 5.69 Å². The summed E-state index contributed by atoms with van der Waals surface area (Å²) in [6.45, 7) is 0. The first-order valence-corrected chi connectivity index (χ1v) is 6.35. The Morgan fingerprint density at radius 3 is 2.40 bits per heavy atom. The minimum absolute atomic E-state index is 0.0963. The van der Waals surface area contributed by atoms with Crippen molar-refractivity contribution >= 4 is 28.7 Å². The zero-order chi connectivity index (χ0) is 14.5. The van der Waals surface area contributed by atoms with Crippen molar-refractivity contribution in [2.75, 3.05) is 12.4 Å². The van der Waals surface area contributed by atoms with Gasteiger partial charge >= 0.3 is 0 Å². The largest absolute Gasteiger partial charge is 0.366 e. The van der Waals surface area contributed by atoms with Gasteiger partial charge in [0.2, 0.25) is 0 Å². The fourth-order valence-electron chi connectivity index (χ4n) is 1.80. The summed E-state index contributed by atoms with van der Waals surface area (Å²) in [6, 6.07) is 14.0. The molecule has 0 radical (unpaired) electrons. The van der Waals surface area contributed by atoms with Crippen molar-refractivity contribution in [2.24, 2.45) is 0 Å². The Bertz CT molecular complexity index is 641. The van der Waals surface area contributed by atoms with Crippen LogP contribution in [0.25, 0.3) is 11.1 Å². The number of anilines is 1. The second kappa shape index (κ2) is 6.12. The van der Waals surface area contributed by atoms with Gasteiger partial charge in [-0.1, -0.05) is 24.3 Å². The lowest BCUT2D eigenvalue weighted by atomic mass is 10.0. The molecule has 2 aromatic carbocycles. The summed E-state index contributed by atoms with van der Waals surface area (Å²) in [4.78, 5) is 10.6. The summed E-state index contributed by atoms with van der Waals surface area (Å²) >= 11 is 5.01. The van der Waals surface area contributed by atoms with Gasteiger partial charge in [0.1, 0.15) is 0 Å². The molecule has 0 aromatic heterocycles. The van der Waals surface area contributed by atoms with Crippen molar-refractivity contribution in [2.45, 2.75) is 0 Å². The van der Waals surface area contributed by atoms with Gasteiger partial charge in [-0.2, -0.15) is 0 Å². The van der Waals surface area contributed by atoms with Crippen LogP contribution >= 0.6 is 12.2 Å². The van der Waals surface area contributed by atoms with E-state index in [1.54, 1.807) is 25.2 Å². The van der Waals surface area contributed by atoms with E-state index < -0.39 is 0 Å². The van der Waals surface area contributed by atoms with E-state index in [0.717, 1.165) is 11.3 Å². The molecule has 0 fully saturated rings. The average Bonchev–Trinajstić information content (AvgIpc) is 2.48. The van der Waals surface area contributed by atoms with Crippen LogP contribution in [0.15, 0.2) is 48.5 Å². The van der Waals surface area contributed by atoms with Gasteiger partial charge in [-0.15, -0.1) is 0 Å². The van der Waals surface area contributed by atoms with Gasteiger partial charge in [0, 0.05) is 18.8 Å². The third-order valence-corrected chi connectivity index (χ3v) is 3.09. The molecule has 2 N–H and O–H groups in total. The van der Waals surface area contributed by atoms with Gasteiger partial charge in [0.05, 0.1) is 10.5 Å². The Morgan fingerprint density at radius 1 is 1.15 bits per heavy atom. The van der Waals surface area contributed by atoms with Crippen LogP contribution in [0, 0.1) is 10.1 Å². The molecule has 0 aliphatic heterocycles. The van der Waals surface area contributed by atoms with E-state index in [0.29, 0.717) is 10.7 Å². The second-order valence-corrected chi connectivity index (χ2v) is 4.46. The molecule has 0 amide bonds. The fourth-order valence-corrected chi connectivity index (χ4v) is 1.92. The molecule has 0 spiro atoms. The Kier molecular flexibility index (Phi) is 4.27. The predicted octanol–water partition coefficient (Wildman–Crippen LogP) is 3.18. The van der Waals surface area contributed by atoms with E-state index in [1.165, 1.54) is 6.07 Å². The van der Waals surface area contributed by atoms with Crippen LogP contribution in [0.4, 0.5) is 11.4 Å². The molecule has 0 heterocycles. The van der Waals surface area contributed by atoms with E-state index in [2.05, 4.69) is 10.6 Å². The van der Waals surface area contributed by atoms with Crippen molar-refractivity contribution in [1.29, 1.82) is 0 Å². The van der Waals surface area contributed by atoms with Gasteiger partial charge in [-0.3, -0.25) is 10.1 Å². The SMILES string of the molecule is CNC(=S)Nc1ccc(-c2ccccc2[N+](=O)[O-])cc1. The van der Waals surface area contributed by atoms with E-state index in [4.69, 9.17) is 12.2 Å². The van der Waals surface area contributed by atoms with Gasteiger partial charge in [-0.25, -0.2) is 0 Å². The standard InChI is InChI=1S/C14H13N3O2S/c1-15-14(20)16-11-8-6-10(7-9-11)12-4-2-3-5-13(12)17(18)19/h2-9H,1H3,(H2,15,16,20). The van der Waals surface area contributed by atoms with Crippen LogP contribution < -0.4 is 10.6 Å². The minimum atomic E-state index is -0.377. The van der Waals surface area contributed by atoms with Crippen LogP contribution in [-0.4, -0.2) is 17.1 Å². The van der Waals surface area contributed by atoms with E-state index in [1.807, 2.05) is 24.3 Å². The van der Waals surface area contributed by atoms with Gasteiger partial charge < -0.3 is 10.6 Å². The molecule has 0 saturated heterocycles. The number of hydrogen-bond acceptors (Lipinski definition) is 3. The number of rotatable bonds is 3. The quantitative estimate of drug-likeness (QED) is 0.515. The summed E-state index contributed by atoms with van der Waals surface area (Å²) < 4.78 is 0.